The average Bonchev–Trinajstić information content (AvgIpc) is 2.24. The molecule has 0 unspecified atom stereocenters. The zero-order chi connectivity index (χ0) is 14.7. The van der Waals surface area contributed by atoms with Crippen LogP contribution in [0.5, 0.6) is 0 Å². The quantitative estimate of drug-likeness (QED) is 0.790. The molecule has 1 aliphatic rings. The fourth-order valence-electron chi connectivity index (χ4n) is 2.17. The van der Waals surface area contributed by atoms with Crippen LogP contribution in [0.4, 0.5) is 4.79 Å². The number of carbonyl (C=O) groups excluding carboxylic acids is 1. The van der Waals surface area contributed by atoms with Crippen molar-refractivity contribution < 1.29 is 17.9 Å². The van der Waals surface area contributed by atoms with Crippen molar-refractivity contribution in [2.45, 2.75) is 32.8 Å². The van der Waals surface area contributed by atoms with E-state index in [1.165, 1.54) is 0 Å². The van der Waals surface area contributed by atoms with Crippen molar-refractivity contribution in [3.63, 3.8) is 0 Å². The first kappa shape index (κ1) is 16.2. The number of hydrogen-bond acceptors (Lipinski definition) is 5. The van der Waals surface area contributed by atoms with Crippen LogP contribution < -0.4 is 11.1 Å². The number of nitrogens with one attached hydrogen (secondary N) is 1. The highest BCUT2D eigenvalue weighted by molar-refractivity contribution is 7.91. The second-order valence-corrected chi connectivity index (χ2v) is 8.27. The molecule has 0 radical (unpaired) electrons. The maximum atomic E-state index is 11.5. The lowest BCUT2D eigenvalue weighted by Crippen LogP contribution is -2.43. The van der Waals surface area contributed by atoms with Crippen LogP contribution in [0, 0.1) is 11.8 Å². The third-order valence-electron chi connectivity index (χ3n) is 3.14. The normalized spacial score (nSPS) is 26.7. The van der Waals surface area contributed by atoms with Crippen LogP contribution in [0.25, 0.3) is 0 Å². The third kappa shape index (κ3) is 5.78. The predicted molar refractivity (Wildman–Crippen MR) is 73.5 cm³/mol. The van der Waals surface area contributed by atoms with Gasteiger partial charge in [0.2, 0.25) is 0 Å². The van der Waals surface area contributed by atoms with Gasteiger partial charge in [0.15, 0.2) is 9.84 Å². The Balaban J connectivity index is 2.47. The highest BCUT2D eigenvalue weighted by Crippen LogP contribution is 2.24. The van der Waals surface area contributed by atoms with Gasteiger partial charge in [-0.3, -0.25) is 0 Å². The Morgan fingerprint density at radius 3 is 2.53 bits per heavy atom. The van der Waals surface area contributed by atoms with Gasteiger partial charge in [-0.05, 0) is 45.6 Å². The summed E-state index contributed by atoms with van der Waals surface area (Å²) in [6.07, 6.45) is 0.0664. The molecule has 2 atom stereocenters. The minimum absolute atomic E-state index is 0.0892. The number of hydrogen-bond donors (Lipinski definition) is 2. The molecule has 6 nitrogen and oxygen atoms in total. The van der Waals surface area contributed by atoms with Gasteiger partial charge >= 0.3 is 6.09 Å². The zero-order valence-corrected chi connectivity index (χ0v) is 12.6. The number of amides is 1. The summed E-state index contributed by atoms with van der Waals surface area (Å²) < 4.78 is 28.2. The Morgan fingerprint density at radius 1 is 1.37 bits per heavy atom. The monoisotopic (exact) mass is 292 g/mol. The summed E-state index contributed by atoms with van der Waals surface area (Å²) in [4.78, 5) is 11.5. The van der Waals surface area contributed by atoms with Gasteiger partial charge in [-0.25, -0.2) is 13.2 Å². The molecule has 3 N–H and O–H groups in total. The first-order chi connectivity index (χ1) is 8.63. The highest BCUT2D eigenvalue weighted by Gasteiger charge is 2.32. The summed E-state index contributed by atoms with van der Waals surface area (Å²) in [6, 6.07) is 0. The second-order valence-electron chi connectivity index (χ2n) is 6.04. The number of nitrogens with two attached hydrogens (primary N) is 1. The van der Waals surface area contributed by atoms with Gasteiger partial charge in [-0.2, -0.15) is 0 Å². The van der Waals surface area contributed by atoms with Crippen LogP contribution in [0.2, 0.25) is 0 Å². The molecule has 1 fully saturated rings. The van der Waals surface area contributed by atoms with Crippen LogP contribution in [0.15, 0.2) is 0 Å². The second kappa shape index (κ2) is 6.09. The van der Waals surface area contributed by atoms with Crippen LogP contribution in [0.3, 0.4) is 0 Å². The van der Waals surface area contributed by atoms with Gasteiger partial charge in [0, 0.05) is 6.54 Å². The lowest BCUT2D eigenvalue weighted by Gasteiger charge is -2.30. The third-order valence-corrected chi connectivity index (χ3v) is 4.94. The van der Waals surface area contributed by atoms with Gasteiger partial charge in [-0.15, -0.1) is 0 Å². The maximum Gasteiger partial charge on any atom is 0.407 e. The largest absolute Gasteiger partial charge is 0.444 e. The molecule has 0 aromatic rings. The van der Waals surface area contributed by atoms with Crippen molar-refractivity contribution in [2.24, 2.45) is 17.6 Å². The summed E-state index contributed by atoms with van der Waals surface area (Å²) in [5.41, 5.74) is 5.08. The van der Waals surface area contributed by atoms with Crippen LogP contribution in [-0.4, -0.2) is 44.7 Å². The molecule has 0 spiro atoms. The van der Waals surface area contributed by atoms with Crippen molar-refractivity contribution in [2.75, 3.05) is 24.6 Å². The van der Waals surface area contributed by atoms with Gasteiger partial charge in [0.1, 0.15) is 5.60 Å². The molecule has 1 heterocycles. The topological polar surface area (TPSA) is 98.5 Å². The van der Waals surface area contributed by atoms with E-state index in [0.29, 0.717) is 19.5 Å². The van der Waals surface area contributed by atoms with Crippen LogP contribution >= 0.6 is 0 Å². The van der Waals surface area contributed by atoms with E-state index >= 15 is 0 Å². The summed E-state index contributed by atoms with van der Waals surface area (Å²) in [5, 5.41) is 2.69. The summed E-state index contributed by atoms with van der Waals surface area (Å²) in [5.74, 6) is 0.295. The zero-order valence-electron chi connectivity index (χ0n) is 11.8. The van der Waals surface area contributed by atoms with E-state index < -0.39 is 21.5 Å². The Morgan fingerprint density at radius 2 is 2.00 bits per heavy atom. The molecule has 0 aromatic heterocycles. The Kier molecular flexibility index (Phi) is 5.20. The van der Waals surface area contributed by atoms with E-state index in [9.17, 15) is 13.2 Å². The first-order valence-electron chi connectivity index (χ1n) is 6.50. The van der Waals surface area contributed by atoms with Gasteiger partial charge in [0.05, 0.1) is 11.5 Å². The maximum absolute atomic E-state index is 11.5. The van der Waals surface area contributed by atoms with Crippen molar-refractivity contribution in [1.82, 2.24) is 5.32 Å². The number of sulfone groups is 1. The summed E-state index contributed by atoms with van der Waals surface area (Å²) in [6.45, 7) is 6.11. The highest BCUT2D eigenvalue weighted by atomic mass is 32.2. The molecule has 1 rings (SSSR count). The van der Waals surface area contributed by atoms with E-state index in [0.717, 1.165) is 0 Å². The molecule has 19 heavy (non-hydrogen) atoms. The van der Waals surface area contributed by atoms with E-state index in [4.69, 9.17) is 10.5 Å². The Bertz CT molecular complexity index is 414. The molecule has 7 heteroatoms. The lowest BCUT2D eigenvalue weighted by molar-refractivity contribution is 0.0513. The minimum atomic E-state index is -2.97. The Labute approximate surface area is 115 Å². The van der Waals surface area contributed by atoms with Crippen LogP contribution in [0.1, 0.15) is 27.2 Å². The molecular weight excluding hydrogens is 268 g/mol. The van der Waals surface area contributed by atoms with Crippen molar-refractivity contribution in [1.29, 1.82) is 0 Å². The molecule has 0 aromatic carbocycles. The molecule has 112 valence electrons. The molecular formula is C12H24N2O4S. The Hall–Kier alpha value is -0.820. The molecule has 1 aliphatic heterocycles. The van der Waals surface area contributed by atoms with Gasteiger partial charge in [-0.1, -0.05) is 0 Å². The fourth-order valence-corrected chi connectivity index (χ4v) is 4.06. The van der Waals surface area contributed by atoms with Crippen LogP contribution in [-0.2, 0) is 14.6 Å². The average molecular weight is 292 g/mol. The van der Waals surface area contributed by atoms with Crippen molar-refractivity contribution >= 4 is 15.9 Å². The summed E-state index contributed by atoms with van der Waals surface area (Å²) >= 11 is 0. The summed E-state index contributed by atoms with van der Waals surface area (Å²) in [7, 11) is -2.97. The van der Waals surface area contributed by atoms with E-state index in [1.54, 1.807) is 20.8 Å². The smallest absolute Gasteiger partial charge is 0.407 e. The van der Waals surface area contributed by atoms with E-state index in [-0.39, 0.29) is 23.3 Å². The number of carbonyl (C=O) groups is 1. The van der Waals surface area contributed by atoms with Gasteiger partial charge < -0.3 is 15.8 Å². The number of rotatable bonds is 3. The number of alkyl carbamates (subject to hydrolysis) is 1. The van der Waals surface area contributed by atoms with E-state index in [2.05, 4.69) is 5.32 Å². The van der Waals surface area contributed by atoms with Crippen molar-refractivity contribution in [3.8, 4) is 0 Å². The molecule has 0 aliphatic carbocycles. The lowest BCUT2D eigenvalue weighted by atomic mass is 9.91. The van der Waals surface area contributed by atoms with Crippen molar-refractivity contribution in [3.05, 3.63) is 0 Å². The molecule has 1 saturated heterocycles. The molecule has 1 amide bonds. The fraction of sp³-hybridized carbons (Fsp3) is 0.917. The van der Waals surface area contributed by atoms with Gasteiger partial charge in [0.25, 0.3) is 0 Å². The standard InChI is InChI=1S/C12H24N2O4S/c1-12(2,3)18-11(15)14-7-9-4-5-19(16,17)8-10(9)6-13/h9-10H,4-8,13H2,1-3H3,(H,14,15)/t9-,10+/m0/s1. The SMILES string of the molecule is CC(C)(C)OC(=O)NC[C@@H]1CCS(=O)(=O)C[C@H]1CN. The number of ether oxygens (including phenoxy) is 1. The predicted octanol–water partition coefficient (Wildman–Crippen LogP) is 0.521. The van der Waals surface area contributed by atoms with E-state index in [1.807, 2.05) is 0 Å². The minimum Gasteiger partial charge on any atom is -0.444 e. The molecule has 0 saturated carbocycles. The first-order valence-corrected chi connectivity index (χ1v) is 8.32. The molecule has 0 bridgehead atoms.